The SMILES string of the molecule is CCOc1cc(CNc2ccc(C)c(Cl)c2)ccc1OCC(=O)Nc1cccc(C)c1C. The van der Waals surface area contributed by atoms with Gasteiger partial charge >= 0.3 is 0 Å². The third-order valence-corrected chi connectivity index (χ3v) is 5.62. The van der Waals surface area contributed by atoms with E-state index >= 15 is 0 Å². The first-order valence-corrected chi connectivity index (χ1v) is 11.0. The molecule has 0 fully saturated rings. The second-order valence-electron chi connectivity index (χ2n) is 7.62. The summed E-state index contributed by atoms with van der Waals surface area (Å²) in [5.41, 5.74) is 5.97. The lowest BCUT2D eigenvalue weighted by Crippen LogP contribution is -2.21. The van der Waals surface area contributed by atoms with Crippen LogP contribution in [0.1, 0.15) is 29.2 Å². The average molecular weight is 453 g/mol. The van der Waals surface area contributed by atoms with E-state index < -0.39 is 0 Å². The Morgan fingerprint density at radius 1 is 0.938 bits per heavy atom. The lowest BCUT2D eigenvalue weighted by atomic mass is 10.1. The zero-order valence-corrected chi connectivity index (χ0v) is 19.7. The van der Waals surface area contributed by atoms with Crippen molar-refractivity contribution in [2.75, 3.05) is 23.8 Å². The summed E-state index contributed by atoms with van der Waals surface area (Å²) in [6.07, 6.45) is 0. The quantitative estimate of drug-likeness (QED) is 0.400. The van der Waals surface area contributed by atoms with Gasteiger partial charge < -0.3 is 20.1 Å². The lowest BCUT2D eigenvalue weighted by molar-refractivity contribution is -0.118. The predicted octanol–water partition coefficient (Wildman–Crippen LogP) is 6.29. The summed E-state index contributed by atoms with van der Waals surface area (Å²) >= 11 is 6.20. The molecule has 0 saturated carbocycles. The van der Waals surface area contributed by atoms with Gasteiger partial charge in [-0.25, -0.2) is 0 Å². The number of rotatable bonds is 9. The smallest absolute Gasteiger partial charge is 0.262 e. The van der Waals surface area contributed by atoms with Gasteiger partial charge in [0, 0.05) is 22.9 Å². The number of hydrogen-bond acceptors (Lipinski definition) is 4. The lowest BCUT2D eigenvalue weighted by Gasteiger charge is -2.15. The molecule has 0 heterocycles. The van der Waals surface area contributed by atoms with E-state index in [2.05, 4.69) is 10.6 Å². The van der Waals surface area contributed by atoms with Gasteiger partial charge in [-0.05, 0) is 80.3 Å². The van der Waals surface area contributed by atoms with Gasteiger partial charge in [0.1, 0.15) is 0 Å². The van der Waals surface area contributed by atoms with Gasteiger partial charge in [0.05, 0.1) is 6.61 Å². The minimum atomic E-state index is -0.219. The molecule has 0 aliphatic heterocycles. The van der Waals surface area contributed by atoms with Crippen LogP contribution in [0.4, 0.5) is 11.4 Å². The van der Waals surface area contributed by atoms with E-state index in [1.54, 1.807) is 0 Å². The Bertz CT molecular complexity index is 1100. The summed E-state index contributed by atoms with van der Waals surface area (Å²) < 4.78 is 11.5. The fourth-order valence-electron chi connectivity index (χ4n) is 3.17. The molecule has 1 amide bonds. The Balaban J connectivity index is 1.62. The molecule has 0 aliphatic carbocycles. The van der Waals surface area contributed by atoms with Crippen LogP contribution < -0.4 is 20.1 Å². The largest absolute Gasteiger partial charge is 0.490 e. The molecule has 3 rings (SSSR count). The van der Waals surface area contributed by atoms with E-state index in [0.29, 0.717) is 24.7 Å². The summed E-state index contributed by atoms with van der Waals surface area (Å²) in [7, 11) is 0. The van der Waals surface area contributed by atoms with Crippen LogP contribution in [-0.2, 0) is 11.3 Å². The van der Waals surface area contributed by atoms with Crippen molar-refractivity contribution in [3.05, 3.63) is 81.9 Å². The standard InChI is InChI=1S/C26H29ClN2O3/c1-5-31-25-13-20(15-28-21-11-9-18(3)22(27)14-21)10-12-24(25)32-16-26(30)29-23-8-6-7-17(2)19(23)4/h6-14,28H,5,15-16H2,1-4H3,(H,29,30). The molecule has 0 spiro atoms. The van der Waals surface area contributed by atoms with Crippen LogP contribution in [0, 0.1) is 20.8 Å². The van der Waals surface area contributed by atoms with Crippen molar-refractivity contribution >= 4 is 28.9 Å². The van der Waals surface area contributed by atoms with E-state index in [9.17, 15) is 4.79 Å². The van der Waals surface area contributed by atoms with Gasteiger partial charge in [-0.1, -0.05) is 35.9 Å². The Labute approximate surface area is 194 Å². The van der Waals surface area contributed by atoms with Crippen LogP contribution >= 0.6 is 11.6 Å². The minimum Gasteiger partial charge on any atom is -0.490 e. The first-order valence-electron chi connectivity index (χ1n) is 10.6. The first kappa shape index (κ1) is 23.5. The normalized spacial score (nSPS) is 10.5. The van der Waals surface area contributed by atoms with Gasteiger partial charge in [-0.15, -0.1) is 0 Å². The van der Waals surface area contributed by atoms with Crippen molar-refractivity contribution < 1.29 is 14.3 Å². The molecule has 3 aromatic carbocycles. The topological polar surface area (TPSA) is 59.6 Å². The fourth-order valence-corrected chi connectivity index (χ4v) is 3.35. The molecule has 5 nitrogen and oxygen atoms in total. The second-order valence-corrected chi connectivity index (χ2v) is 8.02. The number of amides is 1. The molecule has 0 radical (unpaired) electrons. The van der Waals surface area contributed by atoms with E-state index in [0.717, 1.165) is 38.7 Å². The number of hydrogen-bond donors (Lipinski definition) is 2. The molecule has 0 aromatic heterocycles. The van der Waals surface area contributed by atoms with Crippen LogP contribution in [0.15, 0.2) is 54.6 Å². The van der Waals surface area contributed by atoms with Crippen molar-refractivity contribution in [1.82, 2.24) is 0 Å². The Morgan fingerprint density at radius 3 is 2.50 bits per heavy atom. The zero-order valence-electron chi connectivity index (χ0n) is 18.9. The van der Waals surface area contributed by atoms with E-state index in [-0.39, 0.29) is 12.5 Å². The number of aryl methyl sites for hydroxylation is 2. The minimum absolute atomic E-state index is 0.104. The highest BCUT2D eigenvalue weighted by Crippen LogP contribution is 2.29. The number of carbonyl (C=O) groups excluding carboxylic acids is 1. The predicted molar refractivity (Wildman–Crippen MR) is 131 cm³/mol. The maximum atomic E-state index is 12.4. The second kappa shape index (κ2) is 10.9. The van der Waals surface area contributed by atoms with Crippen molar-refractivity contribution in [2.45, 2.75) is 34.2 Å². The Kier molecular flexibility index (Phi) is 8.01. The van der Waals surface area contributed by atoms with Crippen LogP contribution in [0.3, 0.4) is 0 Å². The highest BCUT2D eigenvalue weighted by molar-refractivity contribution is 6.31. The van der Waals surface area contributed by atoms with Gasteiger partial charge in [0.25, 0.3) is 5.91 Å². The van der Waals surface area contributed by atoms with Crippen molar-refractivity contribution in [2.24, 2.45) is 0 Å². The van der Waals surface area contributed by atoms with Gasteiger partial charge in [-0.2, -0.15) is 0 Å². The van der Waals surface area contributed by atoms with Crippen molar-refractivity contribution in [3.63, 3.8) is 0 Å². The summed E-state index contributed by atoms with van der Waals surface area (Å²) in [5, 5.41) is 7.00. The van der Waals surface area contributed by atoms with E-state index in [4.69, 9.17) is 21.1 Å². The maximum Gasteiger partial charge on any atom is 0.262 e. The number of ether oxygens (including phenoxy) is 2. The third-order valence-electron chi connectivity index (χ3n) is 5.21. The number of halogens is 1. The molecule has 168 valence electrons. The van der Waals surface area contributed by atoms with Crippen molar-refractivity contribution in [3.8, 4) is 11.5 Å². The molecule has 0 atom stereocenters. The molecular formula is C26H29ClN2O3. The van der Waals surface area contributed by atoms with Crippen LogP contribution in [0.5, 0.6) is 11.5 Å². The van der Waals surface area contributed by atoms with Crippen LogP contribution in [-0.4, -0.2) is 19.1 Å². The molecule has 0 aliphatic rings. The monoisotopic (exact) mass is 452 g/mol. The van der Waals surface area contributed by atoms with E-state index in [1.165, 1.54) is 0 Å². The molecule has 0 bridgehead atoms. The Morgan fingerprint density at radius 2 is 1.75 bits per heavy atom. The molecule has 6 heteroatoms. The molecular weight excluding hydrogens is 424 g/mol. The number of benzene rings is 3. The fraction of sp³-hybridized carbons (Fsp3) is 0.269. The number of anilines is 2. The molecule has 32 heavy (non-hydrogen) atoms. The molecule has 3 aromatic rings. The summed E-state index contributed by atoms with van der Waals surface area (Å²) in [6, 6.07) is 17.4. The van der Waals surface area contributed by atoms with Gasteiger partial charge in [0.2, 0.25) is 0 Å². The highest BCUT2D eigenvalue weighted by Gasteiger charge is 2.11. The third kappa shape index (κ3) is 6.17. The van der Waals surface area contributed by atoms with Crippen LogP contribution in [0.2, 0.25) is 5.02 Å². The van der Waals surface area contributed by atoms with E-state index in [1.807, 2.05) is 82.3 Å². The summed E-state index contributed by atoms with van der Waals surface area (Å²) in [6.45, 7) is 8.88. The van der Waals surface area contributed by atoms with Crippen LogP contribution in [0.25, 0.3) is 0 Å². The van der Waals surface area contributed by atoms with Gasteiger partial charge in [0.15, 0.2) is 18.1 Å². The number of nitrogens with one attached hydrogen (secondary N) is 2. The summed E-state index contributed by atoms with van der Waals surface area (Å²) in [4.78, 5) is 12.4. The van der Waals surface area contributed by atoms with Gasteiger partial charge in [-0.3, -0.25) is 4.79 Å². The molecule has 0 saturated heterocycles. The maximum absolute atomic E-state index is 12.4. The summed E-state index contributed by atoms with van der Waals surface area (Å²) in [5.74, 6) is 0.918. The Hall–Kier alpha value is -3.18. The average Bonchev–Trinajstić information content (AvgIpc) is 2.77. The first-order chi connectivity index (χ1) is 15.4. The zero-order chi connectivity index (χ0) is 23.1. The highest BCUT2D eigenvalue weighted by atomic mass is 35.5. The number of carbonyl (C=O) groups is 1. The molecule has 2 N–H and O–H groups in total. The van der Waals surface area contributed by atoms with Crippen molar-refractivity contribution in [1.29, 1.82) is 0 Å². The molecule has 0 unspecified atom stereocenters.